The third kappa shape index (κ3) is 5.07. The van der Waals surface area contributed by atoms with Crippen molar-refractivity contribution in [1.29, 1.82) is 0 Å². The predicted octanol–water partition coefficient (Wildman–Crippen LogP) is 1.90. The van der Waals surface area contributed by atoms with Crippen molar-refractivity contribution in [3.8, 4) is 0 Å². The fraction of sp³-hybridized carbons (Fsp3) is 0.273. The molecule has 2 aromatic rings. The smallest absolute Gasteiger partial charge is 0.326 e. The molecule has 0 radical (unpaired) electrons. The highest BCUT2D eigenvalue weighted by atomic mass is 16.5. The van der Waals surface area contributed by atoms with Crippen LogP contribution in [-0.2, 0) is 25.5 Å². The lowest BCUT2D eigenvalue weighted by Gasteiger charge is -2.16. The second kappa shape index (κ2) is 9.14. The molecule has 1 aliphatic heterocycles. The minimum absolute atomic E-state index is 0.0777. The SMILES string of the molecule is C[C@@H](CCc1ccccc1)NC(=O)COC(=O)CN1C(=O)C(=O)c2ccccc21. The molecule has 0 bridgehead atoms. The Hall–Kier alpha value is -3.48. The fourth-order valence-corrected chi connectivity index (χ4v) is 3.14. The molecule has 0 fully saturated rings. The molecule has 7 nitrogen and oxygen atoms in total. The monoisotopic (exact) mass is 394 g/mol. The van der Waals surface area contributed by atoms with Gasteiger partial charge in [0.15, 0.2) is 6.61 Å². The summed E-state index contributed by atoms with van der Waals surface area (Å²) in [5.41, 5.74) is 1.82. The van der Waals surface area contributed by atoms with Crippen molar-refractivity contribution in [2.75, 3.05) is 18.1 Å². The van der Waals surface area contributed by atoms with Crippen molar-refractivity contribution in [2.45, 2.75) is 25.8 Å². The van der Waals surface area contributed by atoms with E-state index in [1.807, 2.05) is 37.3 Å². The summed E-state index contributed by atoms with van der Waals surface area (Å²) in [5.74, 6) is -2.60. The largest absolute Gasteiger partial charge is 0.454 e. The molecule has 1 N–H and O–H groups in total. The number of rotatable bonds is 8. The van der Waals surface area contributed by atoms with Crippen LogP contribution in [0.15, 0.2) is 54.6 Å². The Labute approximate surface area is 168 Å². The van der Waals surface area contributed by atoms with Crippen molar-refractivity contribution in [3.05, 3.63) is 65.7 Å². The van der Waals surface area contributed by atoms with Crippen LogP contribution in [0.25, 0.3) is 0 Å². The maximum Gasteiger partial charge on any atom is 0.326 e. The van der Waals surface area contributed by atoms with Gasteiger partial charge in [0.1, 0.15) is 6.54 Å². The molecule has 1 aliphatic rings. The van der Waals surface area contributed by atoms with Crippen LogP contribution < -0.4 is 10.2 Å². The first-order valence-corrected chi connectivity index (χ1v) is 9.40. The molecule has 0 aromatic heterocycles. The lowest BCUT2D eigenvalue weighted by Crippen LogP contribution is -2.39. The Morgan fingerprint density at radius 2 is 1.72 bits per heavy atom. The Bertz CT molecular complexity index is 926. The molecule has 2 aromatic carbocycles. The Balaban J connectivity index is 1.43. The van der Waals surface area contributed by atoms with Crippen LogP contribution in [0.1, 0.15) is 29.3 Å². The minimum Gasteiger partial charge on any atom is -0.454 e. The zero-order valence-electron chi connectivity index (χ0n) is 16.1. The van der Waals surface area contributed by atoms with Gasteiger partial charge in [-0.2, -0.15) is 0 Å². The lowest BCUT2D eigenvalue weighted by atomic mass is 10.1. The normalized spacial score (nSPS) is 13.8. The Kier molecular flexibility index (Phi) is 6.39. The molecule has 29 heavy (non-hydrogen) atoms. The van der Waals surface area contributed by atoms with Crippen molar-refractivity contribution in [3.63, 3.8) is 0 Å². The molecule has 0 saturated heterocycles. The highest BCUT2D eigenvalue weighted by Crippen LogP contribution is 2.28. The van der Waals surface area contributed by atoms with Gasteiger partial charge in [-0.15, -0.1) is 0 Å². The first-order chi connectivity index (χ1) is 14.0. The quantitative estimate of drug-likeness (QED) is 0.545. The molecule has 150 valence electrons. The van der Waals surface area contributed by atoms with E-state index in [1.54, 1.807) is 18.2 Å². The van der Waals surface area contributed by atoms with E-state index in [0.717, 1.165) is 17.7 Å². The molecule has 2 amide bonds. The van der Waals surface area contributed by atoms with Gasteiger partial charge in [0, 0.05) is 6.04 Å². The summed E-state index contributed by atoms with van der Waals surface area (Å²) in [6, 6.07) is 16.3. The number of nitrogens with zero attached hydrogens (tertiary/aromatic N) is 1. The molecule has 1 atom stereocenters. The maximum absolute atomic E-state index is 12.1. The number of hydrogen-bond donors (Lipinski definition) is 1. The number of carbonyl (C=O) groups excluding carboxylic acids is 4. The molecule has 0 spiro atoms. The number of fused-ring (bicyclic) bond motifs is 1. The number of Topliss-reactive ketones (excluding diaryl/α,β-unsaturated/α-hetero) is 1. The summed E-state index contributed by atoms with van der Waals surface area (Å²) in [7, 11) is 0. The fourth-order valence-electron chi connectivity index (χ4n) is 3.14. The van der Waals surface area contributed by atoms with Crippen LogP contribution >= 0.6 is 0 Å². The number of ketones is 1. The number of anilines is 1. The van der Waals surface area contributed by atoms with Crippen LogP contribution in [0.3, 0.4) is 0 Å². The Morgan fingerprint density at radius 1 is 1.03 bits per heavy atom. The lowest BCUT2D eigenvalue weighted by molar-refractivity contribution is -0.147. The topological polar surface area (TPSA) is 92.8 Å². The Morgan fingerprint density at radius 3 is 2.48 bits per heavy atom. The third-order valence-electron chi connectivity index (χ3n) is 4.65. The van der Waals surface area contributed by atoms with Crippen LogP contribution in [0.2, 0.25) is 0 Å². The summed E-state index contributed by atoms with van der Waals surface area (Å²) in [6.45, 7) is 1.03. The van der Waals surface area contributed by atoms with Gasteiger partial charge in [0.05, 0.1) is 11.3 Å². The molecule has 7 heteroatoms. The second-order valence-corrected chi connectivity index (χ2v) is 6.89. The van der Waals surface area contributed by atoms with E-state index in [0.29, 0.717) is 5.69 Å². The number of aryl methyl sites for hydroxylation is 1. The highest BCUT2D eigenvalue weighted by Gasteiger charge is 2.36. The minimum atomic E-state index is -0.776. The van der Waals surface area contributed by atoms with Crippen molar-refractivity contribution >= 4 is 29.3 Å². The summed E-state index contributed by atoms with van der Waals surface area (Å²) in [4.78, 5) is 49.1. The predicted molar refractivity (Wildman–Crippen MR) is 106 cm³/mol. The number of esters is 1. The van der Waals surface area contributed by atoms with E-state index < -0.39 is 36.7 Å². The van der Waals surface area contributed by atoms with E-state index >= 15 is 0 Å². The van der Waals surface area contributed by atoms with E-state index in [1.165, 1.54) is 11.6 Å². The van der Waals surface area contributed by atoms with Crippen LogP contribution in [-0.4, -0.2) is 42.8 Å². The van der Waals surface area contributed by atoms with Crippen LogP contribution in [0.5, 0.6) is 0 Å². The number of amides is 2. The third-order valence-corrected chi connectivity index (χ3v) is 4.65. The summed E-state index contributed by atoms with van der Waals surface area (Å²) in [6.07, 6.45) is 1.58. The molecule has 3 rings (SSSR count). The van der Waals surface area contributed by atoms with E-state index in [4.69, 9.17) is 4.74 Å². The first-order valence-electron chi connectivity index (χ1n) is 9.40. The number of nitrogens with one attached hydrogen (secondary N) is 1. The first kappa shape index (κ1) is 20.3. The van der Waals surface area contributed by atoms with Gasteiger partial charge in [0.2, 0.25) is 0 Å². The van der Waals surface area contributed by atoms with Gasteiger partial charge < -0.3 is 10.1 Å². The van der Waals surface area contributed by atoms with E-state index in [2.05, 4.69) is 5.32 Å². The van der Waals surface area contributed by atoms with Gasteiger partial charge >= 0.3 is 5.97 Å². The molecular formula is C22H22N2O5. The number of carbonyl (C=O) groups is 4. The molecular weight excluding hydrogens is 372 g/mol. The van der Waals surface area contributed by atoms with Gasteiger partial charge in [-0.25, -0.2) is 0 Å². The summed E-state index contributed by atoms with van der Waals surface area (Å²) >= 11 is 0. The summed E-state index contributed by atoms with van der Waals surface area (Å²) < 4.78 is 4.97. The van der Waals surface area contributed by atoms with Gasteiger partial charge in [-0.1, -0.05) is 42.5 Å². The van der Waals surface area contributed by atoms with Crippen molar-refractivity contribution in [1.82, 2.24) is 5.32 Å². The zero-order chi connectivity index (χ0) is 20.8. The molecule has 0 saturated carbocycles. The molecule has 0 aliphatic carbocycles. The molecule has 0 unspecified atom stereocenters. The average Bonchev–Trinajstić information content (AvgIpc) is 2.97. The van der Waals surface area contributed by atoms with Gasteiger partial charge in [0.25, 0.3) is 17.6 Å². The maximum atomic E-state index is 12.1. The molecule has 1 heterocycles. The summed E-state index contributed by atoms with van der Waals surface area (Å²) in [5, 5.41) is 2.78. The van der Waals surface area contributed by atoms with Crippen molar-refractivity contribution < 1.29 is 23.9 Å². The van der Waals surface area contributed by atoms with Crippen LogP contribution in [0, 0.1) is 0 Å². The van der Waals surface area contributed by atoms with Crippen molar-refractivity contribution in [2.24, 2.45) is 0 Å². The standard InChI is InChI=1S/C22H22N2O5/c1-15(11-12-16-7-3-2-4-8-16)23-19(25)14-29-20(26)13-24-18-10-6-5-9-17(18)21(27)22(24)28/h2-10,15H,11-14H2,1H3,(H,23,25)/t15-/m0/s1. The number of para-hydroxylation sites is 1. The van der Waals surface area contributed by atoms with E-state index in [-0.39, 0.29) is 11.6 Å². The second-order valence-electron chi connectivity index (χ2n) is 6.89. The number of hydrogen-bond acceptors (Lipinski definition) is 5. The zero-order valence-corrected chi connectivity index (χ0v) is 16.1. The number of ether oxygens (including phenoxy) is 1. The van der Waals surface area contributed by atoms with Gasteiger partial charge in [-0.05, 0) is 37.5 Å². The number of benzene rings is 2. The van der Waals surface area contributed by atoms with Gasteiger partial charge in [-0.3, -0.25) is 24.1 Å². The van der Waals surface area contributed by atoms with E-state index in [9.17, 15) is 19.2 Å². The van der Waals surface area contributed by atoms with Crippen LogP contribution in [0.4, 0.5) is 5.69 Å². The average molecular weight is 394 g/mol. The highest BCUT2D eigenvalue weighted by molar-refractivity contribution is 6.52.